The van der Waals surface area contributed by atoms with Crippen LogP contribution in [0.25, 0.3) is 0 Å². The molecule has 0 amide bonds. The van der Waals surface area contributed by atoms with Crippen LogP contribution in [0.4, 0.5) is 0 Å². The second-order valence-corrected chi connectivity index (χ2v) is 7.13. The van der Waals surface area contributed by atoms with E-state index < -0.39 is 0 Å². The molecule has 1 aliphatic carbocycles. The third kappa shape index (κ3) is 4.19. The van der Waals surface area contributed by atoms with Crippen molar-refractivity contribution in [1.29, 1.82) is 0 Å². The van der Waals surface area contributed by atoms with Gasteiger partial charge in [-0.15, -0.1) is 0 Å². The van der Waals surface area contributed by atoms with Gasteiger partial charge in [-0.3, -0.25) is 4.90 Å². The summed E-state index contributed by atoms with van der Waals surface area (Å²) in [5.41, 5.74) is 0. The number of nitrogens with zero attached hydrogens (tertiary/aromatic N) is 2. The Labute approximate surface area is 125 Å². The van der Waals surface area contributed by atoms with Gasteiger partial charge in [0.05, 0.1) is 0 Å². The van der Waals surface area contributed by atoms with Gasteiger partial charge in [-0.25, -0.2) is 0 Å². The van der Waals surface area contributed by atoms with Gasteiger partial charge in [0, 0.05) is 31.7 Å². The van der Waals surface area contributed by atoms with E-state index >= 15 is 0 Å². The highest BCUT2D eigenvalue weighted by Crippen LogP contribution is 2.21. The van der Waals surface area contributed by atoms with Gasteiger partial charge in [-0.05, 0) is 51.7 Å². The lowest BCUT2D eigenvalue weighted by Gasteiger charge is -2.26. The molecule has 3 heteroatoms. The molecule has 3 nitrogen and oxygen atoms in total. The fraction of sp³-hybridized carbons (Fsp3) is 1.00. The van der Waals surface area contributed by atoms with Crippen LogP contribution >= 0.6 is 0 Å². The van der Waals surface area contributed by atoms with E-state index in [4.69, 9.17) is 0 Å². The minimum atomic E-state index is 0.812. The molecule has 1 saturated carbocycles. The molecule has 0 aromatic rings. The van der Waals surface area contributed by atoms with Crippen molar-refractivity contribution in [2.75, 3.05) is 39.3 Å². The summed E-state index contributed by atoms with van der Waals surface area (Å²) >= 11 is 0. The van der Waals surface area contributed by atoms with Crippen LogP contribution in [0.1, 0.15) is 57.8 Å². The van der Waals surface area contributed by atoms with Gasteiger partial charge < -0.3 is 10.2 Å². The van der Waals surface area contributed by atoms with E-state index in [-0.39, 0.29) is 0 Å². The number of nitrogens with one attached hydrogen (secondary N) is 1. The lowest BCUT2D eigenvalue weighted by molar-refractivity contribution is 0.218. The molecule has 0 aromatic heterocycles. The monoisotopic (exact) mass is 279 g/mol. The van der Waals surface area contributed by atoms with E-state index in [2.05, 4.69) is 15.1 Å². The van der Waals surface area contributed by atoms with Crippen LogP contribution in [-0.4, -0.2) is 61.2 Å². The zero-order valence-electron chi connectivity index (χ0n) is 13.2. The number of fused-ring (bicyclic) bond motifs is 1. The van der Waals surface area contributed by atoms with Crippen LogP contribution in [-0.2, 0) is 0 Å². The maximum absolute atomic E-state index is 3.83. The molecule has 1 N–H and O–H groups in total. The molecule has 0 spiro atoms. The molecule has 0 bridgehead atoms. The SMILES string of the molecule is C1CCCC(NCCN2CCCN3CCCC3C2)CC1. The fourth-order valence-electron chi connectivity index (χ4n) is 4.40. The summed E-state index contributed by atoms with van der Waals surface area (Å²) in [6.07, 6.45) is 12.9. The number of hydrogen-bond acceptors (Lipinski definition) is 3. The maximum Gasteiger partial charge on any atom is 0.0223 e. The number of hydrogen-bond donors (Lipinski definition) is 1. The van der Waals surface area contributed by atoms with Crippen LogP contribution in [0.2, 0.25) is 0 Å². The molecule has 3 rings (SSSR count). The zero-order valence-corrected chi connectivity index (χ0v) is 13.2. The summed E-state index contributed by atoms with van der Waals surface area (Å²) in [7, 11) is 0. The molecule has 2 aliphatic heterocycles. The molecular formula is C17H33N3. The van der Waals surface area contributed by atoms with Crippen molar-refractivity contribution in [3.63, 3.8) is 0 Å². The molecule has 2 heterocycles. The van der Waals surface area contributed by atoms with Crippen molar-refractivity contribution in [2.45, 2.75) is 69.9 Å². The quantitative estimate of drug-likeness (QED) is 0.798. The van der Waals surface area contributed by atoms with Crippen molar-refractivity contribution in [1.82, 2.24) is 15.1 Å². The van der Waals surface area contributed by atoms with Gasteiger partial charge in [-0.2, -0.15) is 0 Å². The Bertz CT molecular complexity index is 273. The predicted molar refractivity (Wildman–Crippen MR) is 85.1 cm³/mol. The Kier molecular flexibility index (Phi) is 5.75. The van der Waals surface area contributed by atoms with E-state index in [1.54, 1.807) is 0 Å². The summed E-state index contributed by atoms with van der Waals surface area (Å²) in [5.74, 6) is 0. The molecule has 3 fully saturated rings. The Hall–Kier alpha value is -0.120. The van der Waals surface area contributed by atoms with Crippen molar-refractivity contribution >= 4 is 0 Å². The van der Waals surface area contributed by atoms with Crippen LogP contribution in [0, 0.1) is 0 Å². The molecule has 0 radical (unpaired) electrons. The van der Waals surface area contributed by atoms with Crippen LogP contribution in [0.15, 0.2) is 0 Å². The first-order valence-electron chi connectivity index (χ1n) is 9.11. The van der Waals surface area contributed by atoms with E-state index in [0.29, 0.717) is 0 Å². The Morgan fingerprint density at radius 3 is 2.45 bits per heavy atom. The predicted octanol–water partition coefficient (Wildman–Crippen LogP) is 2.47. The van der Waals surface area contributed by atoms with Gasteiger partial charge in [0.2, 0.25) is 0 Å². The third-order valence-corrected chi connectivity index (χ3v) is 5.60. The minimum absolute atomic E-state index is 0.812. The second kappa shape index (κ2) is 7.77. The minimum Gasteiger partial charge on any atom is -0.313 e. The topological polar surface area (TPSA) is 18.5 Å². The molecule has 116 valence electrons. The lowest BCUT2D eigenvalue weighted by Crippen LogP contribution is -2.41. The molecular weight excluding hydrogens is 246 g/mol. The first-order valence-corrected chi connectivity index (χ1v) is 9.11. The van der Waals surface area contributed by atoms with Crippen molar-refractivity contribution in [3.05, 3.63) is 0 Å². The van der Waals surface area contributed by atoms with Crippen molar-refractivity contribution in [3.8, 4) is 0 Å². The van der Waals surface area contributed by atoms with Gasteiger partial charge in [0.1, 0.15) is 0 Å². The molecule has 20 heavy (non-hydrogen) atoms. The second-order valence-electron chi connectivity index (χ2n) is 7.13. The normalized spacial score (nSPS) is 30.9. The van der Waals surface area contributed by atoms with Crippen molar-refractivity contribution < 1.29 is 0 Å². The van der Waals surface area contributed by atoms with Gasteiger partial charge in [0.25, 0.3) is 0 Å². The van der Waals surface area contributed by atoms with Gasteiger partial charge >= 0.3 is 0 Å². The summed E-state index contributed by atoms with van der Waals surface area (Å²) in [5, 5.41) is 3.83. The largest absolute Gasteiger partial charge is 0.313 e. The fourth-order valence-corrected chi connectivity index (χ4v) is 4.40. The molecule has 1 atom stereocenters. The summed E-state index contributed by atoms with van der Waals surface area (Å²) < 4.78 is 0. The van der Waals surface area contributed by atoms with Crippen molar-refractivity contribution in [2.24, 2.45) is 0 Å². The smallest absolute Gasteiger partial charge is 0.0223 e. The number of rotatable bonds is 4. The Balaban J connectivity index is 1.37. The Morgan fingerprint density at radius 2 is 1.60 bits per heavy atom. The van der Waals surface area contributed by atoms with Crippen LogP contribution in [0.3, 0.4) is 0 Å². The molecule has 2 saturated heterocycles. The van der Waals surface area contributed by atoms with Crippen LogP contribution in [0.5, 0.6) is 0 Å². The summed E-state index contributed by atoms with van der Waals surface area (Å²) in [6, 6.07) is 1.68. The average molecular weight is 279 g/mol. The van der Waals surface area contributed by atoms with Gasteiger partial charge in [-0.1, -0.05) is 25.7 Å². The summed E-state index contributed by atoms with van der Waals surface area (Å²) in [6.45, 7) is 7.82. The average Bonchev–Trinajstić information content (AvgIpc) is 2.68. The molecule has 3 aliphatic rings. The standard InChI is InChI=1S/C17H33N3/c1-2-4-8-16(7-3-1)18-10-14-19-11-6-13-20-12-5-9-17(20)15-19/h16-18H,1-15H2. The highest BCUT2D eigenvalue weighted by molar-refractivity contribution is 4.85. The highest BCUT2D eigenvalue weighted by Gasteiger charge is 2.28. The first-order chi connectivity index (χ1) is 9.92. The lowest BCUT2D eigenvalue weighted by atomic mass is 10.1. The van der Waals surface area contributed by atoms with E-state index in [1.165, 1.54) is 97.1 Å². The summed E-state index contributed by atoms with van der Waals surface area (Å²) in [4.78, 5) is 5.46. The highest BCUT2D eigenvalue weighted by atomic mass is 15.3. The molecule has 1 unspecified atom stereocenters. The molecule has 0 aromatic carbocycles. The van der Waals surface area contributed by atoms with Crippen LogP contribution < -0.4 is 5.32 Å². The maximum atomic E-state index is 3.83. The van der Waals surface area contributed by atoms with E-state index in [1.807, 2.05) is 0 Å². The van der Waals surface area contributed by atoms with Gasteiger partial charge in [0.15, 0.2) is 0 Å². The third-order valence-electron chi connectivity index (χ3n) is 5.60. The zero-order chi connectivity index (χ0) is 13.6. The van der Waals surface area contributed by atoms with E-state index in [9.17, 15) is 0 Å². The Morgan fingerprint density at radius 1 is 0.800 bits per heavy atom. The first kappa shape index (κ1) is 14.8. The van der Waals surface area contributed by atoms with E-state index in [0.717, 1.165) is 12.1 Å².